The van der Waals surface area contributed by atoms with Crippen LogP contribution in [0.2, 0.25) is 0 Å². The molecule has 12 fully saturated rings. The molecule has 10 saturated carbocycles. The minimum atomic E-state index is -2.80. The number of alkyl halides is 4. The zero-order chi connectivity index (χ0) is 50.3. The highest BCUT2D eigenvalue weighted by molar-refractivity contribution is 8.00. The Labute approximate surface area is 432 Å². The first-order chi connectivity index (χ1) is 35.2. The van der Waals surface area contributed by atoms with Crippen LogP contribution in [0.5, 0.6) is 0 Å². The molecule has 5 unspecified atom stereocenters. The van der Waals surface area contributed by atoms with Gasteiger partial charge in [0.1, 0.15) is 21.7 Å². The molecule has 8 atom stereocenters. The van der Waals surface area contributed by atoms with Crippen LogP contribution in [0.25, 0.3) is 0 Å². The van der Waals surface area contributed by atoms with Crippen molar-refractivity contribution < 1.29 is 51.0 Å². The quantitative estimate of drug-likeness (QED) is 0.0632. The number of carbonyl (C=O) groups is 4. The second-order valence-corrected chi connectivity index (χ2v) is 26.2. The van der Waals surface area contributed by atoms with Crippen LogP contribution in [0.15, 0.2) is 34.3 Å². The zero-order valence-electron chi connectivity index (χ0n) is 41.5. The molecule has 4 heterocycles. The van der Waals surface area contributed by atoms with Gasteiger partial charge in [-0.2, -0.15) is 17.6 Å². The number of amides is 2. The van der Waals surface area contributed by atoms with Crippen molar-refractivity contribution in [2.75, 3.05) is 41.7 Å². The molecular weight excluding hydrogens is 985 g/mol. The molecule has 13 nitrogen and oxygen atoms in total. The highest BCUT2D eigenvalue weighted by Crippen LogP contribution is 2.59. The maximum absolute atomic E-state index is 14.1. The summed E-state index contributed by atoms with van der Waals surface area (Å²) in [5.41, 5.74) is -0.504. The van der Waals surface area contributed by atoms with Crippen molar-refractivity contribution in [3.63, 3.8) is 0 Å². The molecule has 14 rings (SSSR count). The van der Waals surface area contributed by atoms with Crippen molar-refractivity contribution in [2.45, 2.75) is 168 Å². The Hall–Kier alpha value is -3.68. The minimum absolute atomic E-state index is 0.0276. The molecule has 2 aliphatic heterocycles. The van der Waals surface area contributed by atoms with E-state index < -0.39 is 36.4 Å². The third kappa shape index (κ3) is 10.1. The number of ether oxygens (including phenoxy) is 3. The van der Waals surface area contributed by atoms with E-state index in [4.69, 9.17) is 24.2 Å². The first kappa shape index (κ1) is 50.2. The van der Waals surface area contributed by atoms with E-state index in [0.29, 0.717) is 103 Å². The van der Waals surface area contributed by atoms with Gasteiger partial charge < -0.3 is 34.6 Å². The molecule has 2 N–H and O–H groups in total. The number of esters is 2. The SMILES string of the molecule is CCCSc1nc(N2CC[C@H](CC(=O)OC(=O)C3[C@H]4CN(c5ccc(C(=O)NC6C7CC8CC6CC(OC(F)F)(C8)C7)c(SC6CCCC6)n5)C[C@@H]34)C2)ccc1C(=O)NC1C2CC3CC1CC(OC(F)F)(C3)C2. The monoisotopic (exact) mass is 1050 g/mol. The molecule has 12 aliphatic rings. The summed E-state index contributed by atoms with van der Waals surface area (Å²) in [5.74, 6) is 1.82. The summed E-state index contributed by atoms with van der Waals surface area (Å²) in [6.45, 7) is -1.07. The molecule has 73 heavy (non-hydrogen) atoms. The number of nitrogens with one attached hydrogen (secondary N) is 2. The molecule has 2 saturated heterocycles. The van der Waals surface area contributed by atoms with Gasteiger partial charge in [-0.05, 0) is 173 Å². The number of carbonyl (C=O) groups excluding carboxylic acids is 4. The summed E-state index contributed by atoms with van der Waals surface area (Å²) >= 11 is 3.21. The number of anilines is 2. The number of hydrogen-bond donors (Lipinski definition) is 2. The van der Waals surface area contributed by atoms with Crippen LogP contribution in [0.1, 0.15) is 137 Å². The number of thioether (sulfide) groups is 2. The van der Waals surface area contributed by atoms with Gasteiger partial charge >= 0.3 is 25.2 Å². The number of pyridine rings is 2. The number of fused-ring (bicyclic) bond motifs is 1. The predicted molar refractivity (Wildman–Crippen MR) is 266 cm³/mol. The van der Waals surface area contributed by atoms with E-state index in [1.807, 2.05) is 24.3 Å². The largest absolute Gasteiger partial charge is 0.393 e. The maximum Gasteiger partial charge on any atom is 0.345 e. The van der Waals surface area contributed by atoms with Gasteiger partial charge in [0, 0.05) is 43.5 Å². The maximum atomic E-state index is 14.1. The molecule has 10 aliphatic carbocycles. The molecule has 0 aromatic carbocycles. The number of nitrogens with zero attached hydrogens (tertiary/aromatic N) is 4. The lowest BCUT2D eigenvalue weighted by molar-refractivity contribution is -0.260. The molecular formula is C54H68F4N6O7S2. The van der Waals surface area contributed by atoms with Crippen molar-refractivity contribution in [3.8, 4) is 0 Å². The van der Waals surface area contributed by atoms with Crippen molar-refractivity contribution in [1.82, 2.24) is 20.6 Å². The van der Waals surface area contributed by atoms with Crippen LogP contribution in [-0.2, 0) is 23.8 Å². The van der Waals surface area contributed by atoms with Gasteiger partial charge in [-0.15, -0.1) is 23.5 Å². The van der Waals surface area contributed by atoms with Gasteiger partial charge in [0.2, 0.25) is 0 Å². The lowest BCUT2D eigenvalue weighted by atomic mass is 9.52. The van der Waals surface area contributed by atoms with Crippen molar-refractivity contribution >= 4 is 58.9 Å². The smallest absolute Gasteiger partial charge is 0.345 e. The molecule has 396 valence electrons. The van der Waals surface area contributed by atoms with Gasteiger partial charge in [0.25, 0.3) is 11.8 Å². The Kier molecular flexibility index (Phi) is 13.8. The number of piperidine rings is 1. The lowest BCUT2D eigenvalue weighted by Gasteiger charge is -2.59. The van der Waals surface area contributed by atoms with Gasteiger partial charge in [-0.1, -0.05) is 19.8 Å². The number of hydrogen-bond acceptors (Lipinski definition) is 13. The van der Waals surface area contributed by atoms with Crippen LogP contribution in [0, 0.1) is 59.2 Å². The van der Waals surface area contributed by atoms with Crippen LogP contribution in [-0.4, -0.2) is 107 Å². The summed E-state index contributed by atoms with van der Waals surface area (Å²) in [5, 5.41) is 8.39. The van der Waals surface area contributed by atoms with Crippen LogP contribution >= 0.6 is 23.5 Å². The highest BCUT2D eigenvalue weighted by atomic mass is 32.2. The molecule has 8 bridgehead atoms. The van der Waals surface area contributed by atoms with Crippen LogP contribution in [0.3, 0.4) is 0 Å². The fraction of sp³-hybridized carbons (Fsp3) is 0.741. The van der Waals surface area contributed by atoms with E-state index in [1.54, 1.807) is 23.5 Å². The Morgan fingerprint density at radius 2 is 1.22 bits per heavy atom. The fourth-order valence-corrected chi connectivity index (χ4v) is 18.5. The van der Waals surface area contributed by atoms with Crippen LogP contribution < -0.4 is 20.4 Å². The molecule has 2 aromatic heterocycles. The van der Waals surface area contributed by atoms with E-state index in [0.717, 1.165) is 81.6 Å². The van der Waals surface area contributed by atoms with Gasteiger partial charge in [-0.3, -0.25) is 19.2 Å². The average molecular weight is 1050 g/mol. The molecule has 2 aromatic rings. The normalized spacial score (nSPS) is 36.6. The Morgan fingerprint density at radius 3 is 1.75 bits per heavy atom. The first-order valence-electron chi connectivity index (χ1n) is 27.3. The summed E-state index contributed by atoms with van der Waals surface area (Å²) in [4.78, 5) is 69.1. The summed E-state index contributed by atoms with van der Waals surface area (Å²) in [6, 6.07) is 7.30. The molecule has 0 spiro atoms. The van der Waals surface area contributed by atoms with Crippen LogP contribution in [0.4, 0.5) is 29.2 Å². The number of halogens is 4. The number of rotatable bonds is 18. The Balaban J connectivity index is 0.629. The van der Waals surface area contributed by atoms with E-state index >= 15 is 0 Å². The van der Waals surface area contributed by atoms with Gasteiger partial charge in [0.05, 0.1) is 34.7 Å². The van der Waals surface area contributed by atoms with Crippen molar-refractivity contribution in [2.24, 2.45) is 59.2 Å². The Bertz CT molecular complexity index is 2420. The lowest BCUT2D eigenvalue weighted by Crippen LogP contribution is -2.62. The Morgan fingerprint density at radius 1 is 0.699 bits per heavy atom. The molecule has 2 amide bonds. The zero-order valence-corrected chi connectivity index (χ0v) is 43.1. The van der Waals surface area contributed by atoms with Gasteiger partial charge in [0.15, 0.2) is 0 Å². The van der Waals surface area contributed by atoms with Crippen molar-refractivity contribution in [1.29, 1.82) is 0 Å². The minimum Gasteiger partial charge on any atom is -0.393 e. The molecule has 0 radical (unpaired) electrons. The summed E-state index contributed by atoms with van der Waals surface area (Å²) in [6.07, 6.45) is 13.4. The van der Waals surface area contributed by atoms with E-state index in [-0.39, 0.29) is 77.7 Å². The number of aromatic nitrogens is 2. The topological polar surface area (TPSA) is 152 Å². The summed E-state index contributed by atoms with van der Waals surface area (Å²) < 4.78 is 69.7. The standard InChI is InChI=1S/C54H68F4N6O7S2/c1-2-13-72-48-36(46(66)61-44-31-14-29-15-32(44)22-53(19-29,21-31)70-51(55)56)7-9-40(59-48)63-12-11-28(25-63)18-42(65)69-50(68)43-38-26-64(27-39(38)43)41-10-8-37(49(60-41)73-35-5-3-4-6-35)47(67)62-45-33-16-30-17-34(45)24-54(20-30,23-33)71-52(57)58/h7-10,28-35,38-39,43-45,51-52H,2-6,11-27H2,1H3,(H,61,66)(H,62,67)/t28-,29?,30?,31?,32?,33?,34?,38-,39+,43?,44?,45?,53?,54?/m1/s1. The van der Waals surface area contributed by atoms with Gasteiger partial charge in [-0.25, -0.2) is 9.97 Å². The second kappa shape index (κ2) is 20.0. The fourth-order valence-electron chi connectivity index (χ4n) is 16.3. The van der Waals surface area contributed by atoms with E-state index in [2.05, 4.69) is 27.4 Å². The van der Waals surface area contributed by atoms with Crippen molar-refractivity contribution in [3.05, 3.63) is 35.4 Å². The predicted octanol–water partition coefficient (Wildman–Crippen LogP) is 9.51. The third-order valence-corrected chi connectivity index (χ3v) is 21.5. The highest BCUT2D eigenvalue weighted by Gasteiger charge is 2.62. The first-order valence-corrected chi connectivity index (χ1v) is 29.2. The molecule has 19 heteroatoms. The van der Waals surface area contributed by atoms with E-state index in [9.17, 15) is 36.7 Å². The third-order valence-electron chi connectivity index (χ3n) is 19.0. The summed E-state index contributed by atoms with van der Waals surface area (Å²) in [7, 11) is 0. The average Bonchev–Trinajstić information content (AvgIpc) is 3.80. The second-order valence-electron chi connectivity index (χ2n) is 23.8. The van der Waals surface area contributed by atoms with E-state index in [1.165, 1.54) is 0 Å².